The van der Waals surface area contributed by atoms with Crippen LogP contribution in [0.4, 0.5) is 10.1 Å². The van der Waals surface area contributed by atoms with Gasteiger partial charge in [0.2, 0.25) is 15.9 Å². The molecule has 0 spiro atoms. The number of halogens is 1. The summed E-state index contributed by atoms with van der Waals surface area (Å²) in [5, 5.41) is 5.65. The molecular weight excluding hydrogens is 471 g/mol. The van der Waals surface area contributed by atoms with Crippen molar-refractivity contribution in [3.05, 3.63) is 90.0 Å². The minimum Gasteiger partial charge on any atom is -0.348 e. The number of carbonyl (C=O) groups is 2. The summed E-state index contributed by atoms with van der Waals surface area (Å²) in [6, 6.07) is 15.1. The Hall–Kier alpha value is -3.63. The van der Waals surface area contributed by atoms with Gasteiger partial charge >= 0.3 is 0 Å². The Morgan fingerprint density at radius 3 is 2.40 bits per heavy atom. The van der Waals surface area contributed by atoms with Gasteiger partial charge in [-0.05, 0) is 60.9 Å². The van der Waals surface area contributed by atoms with Crippen molar-refractivity contribution in [1.82, 2.24) is 14.6 Å². The standard InChI is InChI=1S/C25H25FN4O4S/c26-20-7-9-21(10-8-20)35(33,34)30-14-11-19(12-15-30)24(31)29-23-6-2-1-5-22(23)25(32)28-17-18-4-3-13-27-16-18/h1-10,13,16,19H,11-12,14-15,17H2,(H,28,32)(H,29,31). The van der Waals surface area contributed by atoms with E-state index in [0.29, 0.717) is 30.6 Å². The van der Waals surface area contributed by atoms with E-state index in [4.69, 9.17) is 0 Å². The molecule has 8 nitrogen and oxygen atoms in total. The predicted molar refractivity (Wildman–Crippen MR) is 128 cm³/mol. The van der Waals surface area contributed by atoms with Gasteiger partial charge in [0.05, 0.1) is 16.1 Å². The first kappa shape index (κ1) is 24.5. The van der Waals surface area contributed by atoms with Gasteiger partial charge in [0.25, 0.3) is 5.91 Å². The van der Waals surface area contributed by atoms with E-state index in [1.165, 1.54) is 16.4 Å². The van der Waals surface area contributed by atoms with Crippen LogP contribution in [0.15, 0.2) is 78.0 Å². The fourth-order valence-corrected chi connectivity index (χ4v) is 5.39. The van der Waals surface area contributed by atoms with E-state index in [0.717, 1.165) is 17.7 Å². The molecule has 35 heavy (non-hydrogen) atoms. The van der Waals surface area contributed by atoms with Gasteiger partial charge in [-0.3, -0.25) is 14.6 Å². The largest absolute Gasteiger partial charge is 0.348 e. The third kappa shape index (κ3) is 5.90. The Labute approximate surface area is 203 Å². The van der Waals surface area contributed by atoms with E-state index >= 15 is 0 Å². The van der Waals surface area contributed by atoms with Gasteiger partial charge in [0.15, 0.2) is 0 Å². The second-order valence-corrected chi connectivity index (χ2v) is 10.1. The summed E-state index contributed by atoms with van der Waals surface area (Å²) in [4.78, 5) is 29.7. The van der Waals surface area contributed by atoms with E-state index in [-0.39, 0.29) is 29.8 Å². The minimum atomic E-state index is -3.76. The molecule has 1 aromatic heterocycles. The van der Waals surface area contributed by atoms with Crippen LogP contribution >= 0.6 is 0 Å². The molecule has 1 saturated heterocycles. The molecule has 0 atom stereocenters. The number of anilines is 1. The molecule has 182 valence electrons. The first-order chi connectivity index (χ1) is 16.8. The number of rotatable bonds is 7. The second-order valence-electron chi connectivity index (χ2n) is 8.21. The quantitative estimate of drug-likeness (QED) is 0.522. The number of pyridine rings is 1. The fraction of sp³-hybridized carbons (Fsp3) is 0.240. The number of piperidine rings is 1. The molecule has 2 amide bonds. The second kappa shape index (κ2) is 10.7. The van der Waals surface area contributed by atoms with Crippen molar-refractivity contribution in [2.24, 2.45) is 5.92 Å². The smallest absolute Gasteiger partial charge is 0.253 e. The summed E-state index contributed by atoms with van der Waals surface area (Å²) in [5.74, 6) is -1.51. The molecular formula is C25H25FN4O4S. The van der Waals surface area contributed by atoms with Gasteiger partial charge in [-0.15, -0.1) is 0 Å². The third-order valence-corrected chi connectivity index (χ3v) is 7.79. The fourth-order valence-electron chi connectivity index (χ4n) is 3.92. The van der Waals surface area contributed by atoms with Crippen molar-refractivity contribution in [1.29, 1.82) is 0 Å². The number of para-hydroxylation sites is 1. The summed E-state index contributed by atoms with van der Waals surface area (Å²) in [6.45, 7) is 0.645. The molecule has 0 radical (unpaired) electrons. The zero-order chi connectivity index (χ0) is 24.8. The molecule has 0 unspecified atom stereocenters. The highest BCUT2D eigenvalue weighted by Crippen LogP contribution is 2.26. The number of benzene rings is 2. The highest BCUT2D eigenvalue weighted by Gasteiger charge is 2.32. The monoisotopic (exact) mass is 496 g/mol. The van der Waals surface area contributed by atoms with Gasteiger partial charge in [-0.2, -0.15) is 4.31 Å². The molecule has 0 aliphatic carbocycles. The molecule has 0 bridgehead atoms. The molecule has 2 aromatic carbocycles. The average Bonchev–Trinajstić information content (AvgIpc) is 2.88. The van der Waals surface area contributed by atoms with Crippen LogP contribution in [0.2, 0.25) is 0 Å². The molecule has 3 aromatic rings. The van der Waals surface area contributed by atoms with Gasteiger partial charge < -0.3 is 10.6 Å². The van der Waals surface area contributed by atoms with E-state index in [2.05, 4.69) is 15.6 Å². The number of hydrogen-bond donors (Lipinski definition) is 2. The molecule has 4 rings (SSSR count). The lowest BCUT2D eigenvalue weighted by atomic mass is 9.97. The number of nitrogens with zero attached hydrogens (tertiary/aromatic N) is 2. The summed E-state index contributed by atoms with van der Waals surface area (Å²) in [5.41, 5.74) is 1.58. The van der Waals surface area contributed by atoms with Crippen LogP contribution in [-0.4, -0.2) is 42.6 Å². The Bertz CT molecular complexity index is 1290. The molecule has 1 fully saturated rings. The van der Waals surface area contributed by atoms with Crippen LogP contribution < -0.4 is 10.6 Å². The normalized spacial score (nSPS) is 14.9. The van der Waals surface area contributed by atoms with Crippen LogP contribution in [-0.2, 0) is 21.4 Å². The lowest BCUT2D eigenvalue weighted by Crippen LogP contribution is -2.41. The number of aromatic nitrogens is 1. The number of sulfonamides is 1. The van der Waals surface area contributed by atoms with Crippen molar-refractivity contribution in [2.75, 3.05) is 18.4 Å². The third-order valence-electron chi connectivity index (χ3n) is 5.88. The summed E-state index contributed by atoms with van der Waals surface area (Å²) >= 11 is 0. The van der Waals surface area contributed by atoms with Crippen LogP contribution in [0.25, 0.3) is 0 Å². The van der Waals surface area contributed by atoms with Gasteiger partial charge in [0.1, 0.15) is 5.82 Å². The van der Waals surface area contributed by atoms with Crippen LogP contribution in [0, 0.1) is 11.7 Å². The van der Waals surface area contributed by atoms with Gasteiger partial charge in [-0.1, -0.05) is 18.2 Å². The van der Waals surface area contributed by atoms with Crippen molar-refractivity contribution in [3.63, 3.8) is 0 Å². The number of amides is 2. The average molecular weight is 497 g/mol. The Balaban J connectivity index is 1.36. The highest BCUT2D eigenvalue weighted by molar-refractivity contribution is 7.89. The Morgan fingerprint density at radius 1 is 1.00 bits per heavy atom. The van der Waals surface area contributed by atoms with Crippen molar-refractivity contribution in [2.45, 2.75) is 24.3 Å². The van der Waals surface area contributed by atoms with E-state index in [1.54, 1.807) is 42.7 Å². The summed E-state index contributed by atoms with van der Waals surface area (Å²) in [7, 11) is -3.76. The van der Waals surface area contributed by atoms with E-state index in [9.17, 15) is 22.4 Å². The molecule has 2 heterocycles. The first-order valence-corrected chi connectivity index (χ1v) is 12.6. The van der Waals surface area contributed by atoms with Crippen molar-refractivity contribution < 1.29 is 22.4 Å². The number of carbonyl (C=O) groups excluding carboxylic acids is 2. The molecule has 0 saturated carbocycles. The maximum absolute atomic E-state index is 13.2. The SMILES string of the molecule is O=C(NCc1cccnc1)c1ccccc1NC(=O)C1CCN(S(=O)(=O)c2ccc(F)cc2)CC1. The lowest BCUT2D eigenvalue weighted by Gasteiger charge is -2.30. The number of nitrogens with one attached hydrogen (secondary N) is 2. The molecule has 1 aliphatic heterocycles. The lowest BCUT2D eigenvalue weighted by molar-refractivity contribution is -0.120. The Morgan fingerprint density at radius 2 is 1.71 bits per heavy atom. The topological polar surface area (TPSA) is 108 Å². The van der Waals surface area contributed by atoms with Gasteiger partial charge in [-0.25, -0.2) is 12.8 Å². The predicted octanol–water partition coefficient (Wildman–Crippen LogP) is 3.19. The maximum atomic E-state index is 13.2. The summed E-state index contributed by atoms with van der Waals surface area (Å²) in [6.07, 6.45) is 3.98. The van der Waals surface area contributed by atoms with Crippen molar-refractivity contribution in [3.8, 4) is 0 Å². The maximum Gasteiger partial charge on any atom is 0.253 e. The molecule has 10 heteroatoms. The molecule has 2 N–H and O–H groups in total. The van der Waals surface area contributed by atoms with E-state index in [1.807, 2.05) is 6.07 Å². The van der Waals surface area contributed by atoms with Crippen molar-refractivity contribution >= 4 is 27.5 Å². The summed E-state index contributed by atoms with van der Waals surface area (Å²) < 4.78 is 40.1. The van der Waals surface area contributed by atoms with Crippen LogP contribution in [0.3, 0.4) is 0 Å². The zero-order valence-corrected chi connectivity index (χ0v) is 19.7. The minimum absolute atomic E-state index is 0.0213. The van der Waals surface area contributed by atoms with Gasteiger partial charge in [0, 0.05) is 37.9 Å². The highest BCUT2D eigenvalue weighted by atomic mass is 32.2. The zero-order valence-electron chi connectivity index (χ0n) is 18.9. The first-order valence-electron chi connectivity index (χ1n) is 11.2. The van der Waals surface area contributed by atoms with Crippen LogP contribution in [0.5, 0.6) is 0 Å². The Kier molecular flexibility index (Phi) is 7.52. The van der Waals surface area contributed by atoms with E-state index < -0.39 is 21.8 Å². The number of hydrogen-bond acceptors (Lipinski definition) is 5. The van der Waals surface area contributed by atoms with Crippen LogP contribution in [0.1, 0.15) is 28.8 Å². The molecule has 1 aliphatic rings.